The number of imidazole rings is 1. The van der Waals surface area contributed by atoms with E-state index in [1.165, 1.54) is 10.7 Å². The number of nitrogens with one attached hydrogen (secondary N) is 2. The number of nitrogens with zero attached hydrogens (tertiary/aromatic N) is 8. The number of benzene rings is 1. The summed E-state index contributed by atoms with van der Waals surface area (Å²) in [5.74, 6) is 0.981. The monoisotopic (exact) mass is 562 g/mol. The molecule has 2 aliphatic heterocycles. The summed E-state index contributed by atoms with van der Waals surface area (Å²) in [5, 5.41) is 21.1. The molecule has 40 heavy (non-hydrogen) atoms. The molecule has 13 nitrogen and oxygen atoms in total. The average molecular weight is 563 g/mol. The summed E-state index contributed by atoms with van der Waals surface area (Å²) in [6.45, 7) is 10.4. The number of amides is 1. The molecule has 1 amide bonds. The maximum absolute atomic E-state index is 12.5. The van der Waals surface area contributed by atoms with Crippen molar-refractivity contribution in [2.45, 2.75) is 37.8 Å². The molecule has 2 saturated heterocycles. The zero-order valence-electron chi connectivity index (χ0n) is 21.6. The van der Waals surface area contributed by atoms with Gasteiger partial charge in [0.15, 0.2) is 5.82 Å². The highest BCUT2D eigenvalue weighted by molar-refractivity contribution is 6.36. The van der Waals surface area contributed by atoms with Crippen molar-refractivity contribution in [1.82, 2.24) is 24.5 Å². The minimum absolute atomic E-state index is 0.0179. The summed E-state index contributed by atoms with van der Waals surface area (Å²) >= 11 is 6.86. The fourth-order valence-corrected chi connectivity index (χ4v) is 5.07. The predicted molar refractivity (Wildman–Crippen MR) is 147 cm³/mol. The molecule has 1 atom stereocenters. The Morgan fingerprint density at radius 2 is 2.10 bits per heavy atom. The van der Waals surface area contributed by atoms with E-state index in [0.717, 1.165) is 25.7 Å². The normalized spacial score (nSPS) is 18.8. The second-order valence-corrected chi connectivity index (χ2v) is 10.3. The zero-order chi connectivity index (χ0) is 27.6. The van der Waals surface area contributed by atoms with E-state index in [2.05, 4.69) is 36.6 Å². The first-order valence-electron chi connectivity index (χ1n) is 13.2. The quantitative estimate of drug-likeness (QED) is 0.407. The zero-order valence-corrected chi connectivity index (χ0v) is 22.4. The Labute approximate surface area is 235 Å². The number of rotatable bonds is 7. The molecule has 2 aromatic heterocycles. The molecule has 3 fully saturated rings. The summed E-state index contributed by atoms with van der Waals surface area (Å²) in [6, 6.07) is 5.87. The maximum atomic E-state index is 12.5. The van der Waals surface area contributed by atoms with Crippen LogP contribution in [-0.4, -0.2) is 82.1 Å². The number of fused-ring (bicyclic) bond motifs is 1. The third kappa shape index (κ3) is 5.39. The van der Waals surface area contributed by atoms with Gasteiger partial charge in [-0.3, -0.25) is 0 Å². The van der Waals surface area contributed by atoms with Gasteiger partial charge >= 0.3 is 6.09 Å². The lowest BCUT2D eigenvalue weighted by atomic mass is 10.1. The van der Waals surface area contributed by atoms with Gasteiger partial charge < -0.3 is 34.8 Å². The highest BCUT2D eigenvalue weighted by atomic mass is 35.5. The summed E-state index contributed by atoms with van der Waals surface area (Å²) < 4.78 is 12.4. The molecule has 0 spiro atoms. The fraction of sp³-hybridized carbons (Fsp3) is 0.462. The van der Waals surface area contributed by atoms with Gasteiger partial charge in [-0.25, -0.2) is 9.78 Å². The Morgan fingerprint density at radius 3 is 2.80 bits per heavy atom. The molecule has 1 aromatic carbocycles. The second-order valence-electron chi connectivity index (χ2n) is 9.95. The topological polar surface area (TPSA) is 137 Å². The Balaban J connectivity index is 1.20. The second kappa shape index (κ2) is 11.0. The fourth-order valence-electron chi connectivity index (χ4n) is 4.79. The van der Waals surface area contributed by atoms with Crippen LogP contribution in [0.2, 0.25) is 5.02 Å². The average Bonchev–Trinajstić information content (AvgIpc) is 3.45. The van der Waals surface area contributed by atoms with Gasteiger partial charge in [-0.1, -0.05) is 23.3 Å². The van der Waals surface area contributed by atoms with Crippen LogP contribution < -0.4 is 15.5 Å². The molecule has 0 radical (unpaired) electrons. The number of piperazine rings is 1. The highest BCUT2D eigenvalue weighted by Crippen LogP contribution is 2.37. The van der Waals surface area contributed by atoms with Gasteiger partial charge in [-0.2, -0.15) is 10.2 Å². The van der Waals surface area contributed by atoms with Crippen molar-refractivity contribution in [2.75, 3.05) is 54.9 Å². The molecule has 4 heterocycles. The number of nitriles is 1. The van der Waals surface area contributed by atoms with E-state index >= 15 is 0 Å². The van der Waals surface area contributed by atoms with E-state index in [0.29, 0.717) is 72.3 Å². The van der Waals surface area contributed by atoms with Gasteiger partial charge in [0.1, 0.15) is 6.61 Å². The predicted octanol–water partition coefficient (Wildman–Crippen LogP) is 3.96. The van der Waals surface area contributed by atoms with E-state index in [-0.39, 0.29) is 30.6 Å². The minimum atomic E-state index is -0.351. The molecule has 2 N–H and O–H groups in total. The van der Waals surface area contributed by atoms with Crippen molar-refractivity contribution in [3.8, 4) is 6.07 Å². The molecule has 14 heteroatoms. The summed E-state index contributed by atoms with van der Waals surface area (Å²) in [4.78, 5) is 28.7. The Hall–Kier alpha value is -4.33. The SMILES string of the molecule is [C-]#[N+]c1cnc2c(NC3CC3)nc(Nc3cc(C#N)cc(N4CCN(C(=O)OCC5CCCO5)CC4)c3Cl)nn12. The highest BCUT2D eigenvalue weighted by Gasteiger charge is 2.28. The molecule has 3 aromatic rings. The molecular formula is C26H27ClN10O3. The van der Waals surface area contributed by atoms with Crippen LogP contribution in [0.15, 0.2) is 18.3 Å². The molecule has 1 saturated carbocycles. The minimum Gasteiger partial charge on any atom is -0.447 e. The molecular weight excluding hydrogens is 536 g/mol. The van der Waals surface area contributed by atoms with Crippen LogP contribution in [0.5, 0.6) is 0 Å². The van der Waals surface area contributed by atoms with E-state index in [4.69, 9.17) is 27.6 Å². The van der Waals surface area contributed by atoms with Crippen molar-refractivity contribution in [3.63, 3.8) is 0 Å². The van der Waals surface area contributed by atoms with Gasteiger partial charge in [-0.15, -0.1) is 4.52 Å². The van der Waals surface area contributed by atoms with E-state index in [1.807, 2.05) is 4.90 Å². The maximum Gasteiger partial charge on any atom is 0.409 e. The van der Waals surface area contributed by atoms with Gasteiger partial charge in [0, 0.05) is 38.8 Å². The van der Waals surface area contributed by atoms with Gasteiger partial charge in [0.05, 0.1) is 40.3 Å². The number of hydrogen-bond acceptors (Lipinski definition) is 10. The van der Waals surface area contributed by atoms with Crippen LogP contribution in [0.1, 0.15) is 31.2 Å². The number of anilines is 4. The molecule has 206 valence electrons. The van der Waals surface area contributed by atoms with Gasteiger partial charge in [0.2, 0.25) is 0 Å². The lowest BCUT2D eigenvalue weighted by molar-refractivity contribution is 0.0293. The Kier molecular flexibility index (Phi) is 7.15. The van der Waals surface area contributed by atoms with E-state index in [1.54, 1.807) is 17.0 Å². The third-order valence-corrected chi connectivity index (χ3v) is 7.50. The van der Waals surface area contributed by atoms with E-state index < -0.39 is 0 Å². The third-order valence-electron chi connectivity index (χ3n) is 7.10. The molecule has 1 unspecified atom stereocenters. The largest absolute Gasteiger partial charge is 0.447 e. The van der Waals surface area contributed by atoms with Crippen LogP contribution >= 0.6 is 11.6 Å². The standard InChI is InChI=1S/C26H27ClN10O3/c1-29-21-14-30-24-23(31-17-4-5-17)33-25(34-37(21)24)32-19-11-16(13-28)12-20(22(19)27)35-6-8-36(9-7-35)26(38)40-15-18-3-2-10-39-18/h11-12,14,17-18H,2-10,15H2,(H2,31,32,33,34). The Bertz CT molecular complexity index is 1510. The first kappa shape index (κ1) is 25.9. The number of ether oxygens (including phenoxy) is 2. The van der Waals surface area contributed by atoms with Gasteiger partial charge in [-0.05, 0) is 37.8 Å². The first-order chi connectivity index (χ1) is 19.5. The van der Waals surface area contributed by atoms with E-state index in [9.17, 15) is 10.1 Å². The first-order valence-corrected chi connectivity index (χ1v) is 13.6. The smallest absolute Gasteiger partial charge is 0.409 e. The van der Waals surface area contributed by atoms with Crippen molar-refractivity contribution < 1.29 is 14.3 Å². The summed E-state index contributed by atoms with van der Waals surface area (Å²) in [6.07, 6.45) is 5.06. The Morgan fingerprint density at radius 1 is 1.27 bits per heavy atom. The lowest BCUT2D eigenvalue weighted by Crippen LogP contribution is -2.49. The number of carbonyl (C=O) groups excluding carboxylic acids is 1. The molecule has 6 rings (SSSR count). The van der Waals surface area contributed by atoms with Crippen LogP contribution in [0.4, 0.5) is 33.8 Å². The molecule has 1 aliphatic carbocycles. The molecule has 0 bridgehead atoms. The number of halogens is 1. The lowest BCUT2D eigenvalue weighted by Gasteiger charge is -2.36. The van der Waals surface area contributed by atoms with Gasteiger partial charge in [0.25, 0.3) is 17.4 Å². The van der Waals surface area contributed by atoms with Crippen molar-refractivity contribution in [2.24, 2.45) is 0 Å². The van der Waals surface area contributed by atoms with Crippen molar-refractivity contribution >= 4 is 52.3 Å². The number of carbonyl (C=O) groups is 1. The van der Waals surface area contributed by atoms with Crippen LogP contribution in [0, 0.1) is 17.9 Å². The molecule has 3 aliphatic rings. The summed E-state index contributed by atoms with van der Waals surface area (Å²) in [5.41, 5.74) is 1.99. The van der Waals surface area contributed by atoms with Crippen LogP contribution in [0.3, 0.4) is 0 Å². The van der Waals surface area contributed by atoms with Crippen molar-refractivity contribution in [1.29, 1.82) is 5.26 Å². The van der Waals surface area contributed by atoms with Crippen molar-refractivity contribution in [3.05, 3.63) is 40.3 Å². The summed E-state index contributed by atoms with van der Waals surface area (Å²) in [7, 11) is 0. The van der Waals surface area contributed by atoms with Crippen LogP contribution in [0.25, 0.3) is 10.5 Å². The van der Waals surface area contributed by atoms with Crippen LogP contribution in [-0.2, 0) is 9.47 Å². The number of aromatic nitrogens is 4. The number of hydrogen-bond donors (Lipinski definition) is 2.